The number of aromatic nitrogens is 3. The van der Waals surface area contributed by atoms with Crippen LogP contribution in [0.2, 0.25) is 0 Å². The number of likely N-dealkylation sites (tertiary alicyclic amines) is 1. The van der Waals surface area contributed by atoms with Crippen molar-refractivity contribution in [3.05, 3.63) is 45.0 Å². The Hall–Kier alpha value is -1.97. The molecule has 0 spiro atoms. The lowest BCUT2D eigenvalue weighted by Gasteiger charge is -2.36. The van der Waals surface area contributed by atoms with Gasteiger partial charge < -0.3 is 10.8 Å². The minimum atomic E-state index is -0.231. The first-order valence-electron chi connectivity index (χ1n) is 8.78. The molecule has 1 saturated heterocycles. The summed E-state index contributed by atoms with van der Waals surface area (Å²) in [6.07, 6.45) is 1.45. The number of thiazole rings is 1. The Balaban J connectivity index is 1.75. The number of aryl methyl sites for hydroxylation is 1. The Kier molecular flexibility index (Phi) is 4.92. The predicted octanol–water partition coefficient (Wildman–Crippen LogP) is 2.85. The summed E-state index contributed by atoms with van der Waals surface area (Å²) in [6.45, 7) is 3.27. The molecule has 1 amide bonds. The van der Waals surface area contributed by atoms with Gasteiger partial charge in [-0.25, -0.2) is 4.98 Å². The molecule has 0 bridgehead atoms. The highest BCUT2D eigenvalue weighted by Gasteiger charge is 2.33. The summed E-state index contributed by atoms with van der Waals surface area (Å²) in [5, 5.41) is 15.1. The monoisotopic (exact) mass is 449 g/mol. The Bertz CT molecular complexity index is 993. The largest absolute Gasteiger partial charge is 0.492 e. The van der Waals surface area contributed by atoms with E-state index in [0.717, 1.165) is 40.8 Å². The second-order valence-electron chi connectivity index (χ2n) is 6.81. The molecule has 1 aliphatic rings. The van der Waals surface area contributed by atoms with Gasteiger partial charge in [-0.15, -0.1) is 5.10 Å². The molecular formula is C18H20BrN5O2S. The van der Waals surface area contributed by atoms with Crippen molar-refractivity contribution in [1.82, 2.24) is 19.5 Å². The summed E-state index contributed by atoms with van der Waals surface area (Å²) in [7, 11) is 0. The summed E-state index contributed by atoms with van der Waals surface area (Å²) < 4.78 is 2.48. The number of carbonyl (C=O) groups is 1. The minimum absolute atomic E-state index is 0.0806. The van der Waals surface area contributed by atoms with E-state index in [1.54, 1.807) is 6.92 Å². The van der Waals surface area contributed by atoms with Gasteiger partial charge in [0, 0.05) is 10.4 Å². The maximum atomic E-state index is 11.5. The van der Waals surface area contributed by atoms with Crippen molar-refractivity contribution in [3.63, 3.8) is 0 Å². The van der Waals surface area contributed by atoms with E-state index in [4.69, 9.17) is 5.73 Å². The van der Waals surface area contributed by atoms with E-state index in [1.165, 1.54) is 15.9 Å². The van der Waals surface area contributed by atoms with Crippen LogP contribution in [0.3, 0.4) is 0 Å². The molecule has 3 aromatic rings. The quantitative estimate of drug-likeness (QED) is 0.637. The maximum Gasteiger partial charge on any atom is 0.230 e. The standard InChI is InChI=1S/C18H20BrN5O2S/c1-10-21-18-24(22-10)17(26)15(27-18)14(12-3-2-4-13(19)9-12)23-7-5-11(6-8-23)16(20)25/h2-4,9,11,14,26H,5-8H2,1H3,(H2,20,25)/t14-/m0/s1. The molecule has 3 heterocycles. The zero-order valence-corrected chi connectivity index (χ0v) is 17.2. The third kappa shape index (κ3) is 3.46. The van der Waals surface area contributed by atoms with Gasteiger partial charge in [0.05, 0.1) is 10.9 Å². The van der Waals surface area contributed by atoms with Crippen molar-refractivity contribution in [3.8, 4) is 5.88 Å². The van der Waals surface area contributed by atoms with E-state index in [1.807, 2.05) is 12.1 Å². The molecule has 3 N–H and O–H groups in total. The molecule has 142 valence electrons. The van der Waals surface area contributed by atoms with Gasteiger partial charge in [-0.2, -0.15) is 4.52 Å². The number of fused-ring (bicyclic) bond motifs is 1. The third-order valence-electron chi connectivity index (χ3n) is 5.02. The Labute approximate surface area is 168 Å². The second-order valence-corrected chi connectivity index (χ2v) is 8.74. The van der Waals surface area contributed by atoms with E-state index < -0.39 is 0 Å². The van der Waals surface area contributed by atoms with Crippen LogP contribution in [0.25, 0.3) is 4.96 Å². The molecule has 0 radical (unpaired) electrons. The number of carbonyl (C=O) groups excluding carboxylic acids is 1. The average Bonchev–Trinajstić information content (AvgIpc) is 3.14. The third-order valence-corrected chi connectivity index (χ3v) is 6.58. The summed E-state index contributed by atoms with van der Waals surface area (Å²) in [5.41, 5.74) is 6.55. The molecule has 1 aromatic carbocycles. The average molecular weight is 450 g/mol. The number of aromatic hydroxyl groups is 1. The van der Waals surface area contributed by atoms with Crippen LogP contribution in [-0.2, 0) is 4.79 Å². The number of primary amides is 1. The van der Waals surface area contributed by atoms with Crippen LogP contribution in [-0.4, -0.2) is 43.6 Å². The van der Waals surface area contributed by atoms with Gasteiger partial charge in [0.15, 0.2) is 0 Å². The predicted molar refractivity (Wildman–Crippen MR) is 107 cm³/mol. The summed E-state index contributed by atoms with van der Waals surface area (Å²) in [5.74, 6) is 0.440. The van der Waals surface area contributed by atoms with Crippen LogP contribution in [0.15, 0.2) is 28.7 Å². The summed E-state index contributed by atoms with van der Waals surface area (Å²) >= 11 is 4.99. The lowest BCUT2D eigenvalue weighted by molar-refractivity contribution is -0.123. The molecule has 0 saturated carbocycles. The molecule has 1 atom stereocenters. The zero-order valence-electron chi connectivity index (χ0n) is 14.8. The first-order valence-corrected chi connectivity index (χ1v) is 10.4. The molecule has 27 heavy (non-hydrogen) atoms. The highest BCUT2D eigenvalue weighted by atomic mass is 79.9. The number of nitrogens with zero attached hydrogens (tertiary/aromatic N) is 4. The van der Waals surface area contributed by atoms with E-state index >= 15 is 0 Å². The summed E-state index contributed by atoms with van der Waals surface area (Å²) in [4.78, 5) is 19.7. The Morgan fingerprint density at radius 1 is 1.41 bits per heavy atom. The molecule has 0 aliphatic carbocycles. The SMILES string of the molecule is Cc1nc2sc([C@H](c3cccc(Br)c3)N3CCC(C(N)=O)CC3)c(O)n2n1. The Morgan fingerprint density at radius 3 is 2.78 bits per heavy atom. The fourth-order valence-corrected chi connectivity index (χ4v) is 5.25. The van der Waals surface area contributed by atoms with E-state index in [0.29, 0.717) is 10.8 Å². The maximum absolute atomic E-state index is 11.5. The number of hydrogen-bond acceptors (Lipinski definition) is 6. The molecule has 9 heteroatoms. The highest BCUT2D eigenvalue weighted by molar-refractivity contribution is 9.10. The number of benzene rings is 1. The molecule has 7 nitrogen and oxygen atoms in total. The van der Waals surface area contributed by atoms with Gasteiger partial charge in [0.1, 0.15) is 5.82 Å². The minimum Gasteiger partial charge on any atom is -0.492 e. The fraction of sp³-hybridized carbons (Fsp3) is 0.389. The number of amides is 1. The van der Waals surface area contributed by atoms with Crippen molar-refractivity contribution >= 4 is 38.1 Å². The van der Waals surface area contributed by atoms with Crippen molar-refractivity contribution in [2.45, 2.75) is 25.8 Å². The molecule has 1 aliphatic heterocycles. The van der Waals surface area contributed by atoms with E-state index in [2.05, 4.69) is 43.0 Å². The number of hydrogen-bond donors (Lipinski definition) is 2. The Morgan fingerprint density at radius 2 is 2.15 bits per heavy atom. The molecular weight excluding hydrogens is 430 g/mol. The van der Waals surface area contributed by atoms with E-state index in [9.17, 15) is 9.90 Å². The van der Waals surface area contributed by atoms with Crippen molar-refractivity contribution in [1.29, 1.82) is 0 Å². The lowest BCUT2D eigenvalue weighted by Crippen LogP contribution is -2.40. The normalized spacial score (nSPS) is 17.4. The van der Waals surface area contributed by atoms with Crippen molar-refractivity contribution < 1.29 is 9.90 Å². The first kappa shape index (κ1) is 18.4. The van der Waals surface area contributed by atoms with Crippen LogP contribution in [0.4, 0.5) is 0 Å². The zero-order chi connectivity index (χ0) is 19.1. The van der Waals surface area contributed by atoms with Crippen LogP contribution in [0.5, 0.6) is 5.88 Å². The first-order chi connectivity index (χ1) is 12.9. The molecule has 4 rings (SSSR count). The topological polar surface area (TPSA) is 96.8 Å². The van der Waals surface area contributed by atoms with Gasteiger partial charge in [0.25, 0.3) is 0 Å². The molecule has 0 unspecified atom stereocenters. The smallest absolute Gasteiger partial charge is 0.230 e. The number of halogens is 1. The van der Waals surface area contributed by atoms with Crippen molar-refractivity contribution in [2.24, 2.45) is 11.7 Å². The summed E-state index contributed by atoms with van der Waals surface area (Å²) in [6, 6.07) is 7.94. The molecule has 2 aromatic heterocycles. The number of piperidine rings is 1. The van der Waals surface area contributed by atoms with E-state index in [-0.39, 0.29) is 23.7 Å². The van der Waals surface area contributed by atoms with Crippen LogP contribution in [0.1, 0.15) is 35.1 Å². The van der Waals surface area contributed by atoms with Gasteiger partial charge >= 0.3 is 0 Å². The van der Waals surface area contributed by atoms with Gasteiger partial charge in [-0.3, -0.25) is 9.69 Å². The van der Waals surface area contributed by atoms with Crippen LogP contribution < -0.4 is 5.73 Å². The van der Waals surface area contributed by atoms with Crippen LogP contribution >= 0.6 is 27.3 Å². The number of rotatable bonds is 4. The lowest BCUT2D eigenvalue weighted by atomic mass is 9.93. The van der Waals surface area contributed by atoms with Crippen molar-refractivity contribution in [2.75, 3.05) is 13.1 Å². The van der Waals surface area contributed by atoms with Gasteiger partial charge in [-0.1, -0.05) is 39.4 Å². The highest BCUT2D eigenvalue weighted by Crippen LogP contribution is 2.41. The fourth-order valence-electron chi connectivity index (χ4n) is 3.67. The van der Waals surface area contributed by atoms with Gasteiger partial charge in [-0.05, 0) is 50.6 Å². The number of nitrogens with two attached hydrogens (primary N) is 1. The molecule has 1 fully saturated rings. The second kappa shape index (κ2) is 7.21. The van der Waals surface area contributed by atoms with Gasteiger partial charge in [0.2, 0.25) is 16.7 Å². The van der Waals surface area contributed by atoms with Crippen LogP contribution in [0, 0.1) is 12.8 Å².